The van der Waals surface area contributed by atoms with E-state index in [1.807, 2.05) is 0 Å². The highest BCUT2D eigenvalue weighted by molar-refractivity contribution is 5.86. The maximum atomic E-state index is 3.38. The van der Waals surface area contributed by atoms with Crippen molar-refractivity contribution in [3.63, 3.8) is 0 Å². The lowest BCUT2D eigenvalue weighted by Gasteiger charge is -2.27. The van der Waals surface area contributed by atoms with Crippen molar-refractivity contribution in [1.29, 1.82) is 0 Å². The minimum atomic E-state index is 0. The Morgan fingerprint density at radius 2 is 1.40 bits per heavy atom. The largest absolute Gasteiger partial charge is 0.314 e. The first kappa shape index (κ1) is 28.2. The molecule has 2 rings (SSSR count). The van der Waals surface area contributed by atoms with Gasteiger partial charge in [0.2, 0.25) is 0 Å². The molecule has 1 fully saturated rings. The number of aryl methyl sites for hydroxylation is 1. The van der Waals surface area contributed by atoms with Gasteiger partial charge >= 0.3 is 0 Å². The molecule has 1 aromatic rings. The minimum absolute atomic E-state index is 0. The highest BCUT2D eigenvalue weighted by Gasteiger charge is 2.09. The second-order valence-corrected chi connectivity index (χ2v) is 4.20. The van der Waals surface area contributed by atoms with Crippen LogP contribution in [0.1, 0.15) is 25.5 Å². The third-order valence-electron chi connectivity index (χ3n) is 3.05. The molecule has 1 aromatic carbocycles. The van der Waals surface area contributed by atoms with E-state index >= 15 is 0 Å². The summed E-state index contributed by atoms with van der Waals surface area (Å²) >= 11 is 0. The Kier molecular flexibility index (Phi) is 21.6. The van der Waals surface area contributed by atoms with Crippen LogP contribution in [0.5, 0.6) is 0 Å². The fourth-order valence-electron chi connectivity index (χ4n) is 2.01. The van der Waals surface area contributed by atoms with Crippen LogP contribution in [0.25, 0.3) is 0 Å². The van der Waals surface area contributed by atoms with Gasteiger partial charge in [0.15, 0.2) is 0 Å². The highest BCUT2D eigenvalue weighted by Crippen LogP contribution is 2.08. The molecule has 0 spiro atoms. The molecule has 0 unspecified atom stereocenters. The van der Waals surface area contributed by atoms with Crippen LogP contribution in [0.2, 0.25) is 0 Å². The molecule has 0 aromatic heterocycles. The van der Waals surface area contributed by atoms with Crippen molar-refractivity contribution in [3.05, 3.63) is 35.4 Å². The summed E-state index contributed by atoms with van der Waals surface area (Å²) in [6, 6.07) is 9.02. The summed E-state index contributed by atoms with van der Waals surface area (Å²) in [7, 11) is 0. The number of piperazine rings is 1. The van der Waals surface area contributed by atoms with Crippen LogP contribution < -0.4 is 5.32 Å². The molecular weight excluding hydrogens is 322 g/mol. The molecule has 2 nitrogen and oxygen atoms in total. The van der Waals surface area contributed by atoms with E-state index in [1.165, 1.54) is 24.2 Å². The van der Waals surface area contributed by atoms with Gasteiger partial charge in [0.25, 0.3) is 0 Å². The van der Waals surface area contributed by atoms with Crippen LogP contribution in [0.4, 0.5) is 4.70 Å². The number of hydrogen-bond acceptors (Lipinski definition) is 2. The highest BCUT2D eigenvalue weighted by atomic mass is 35.5. The van der Waals surface area contributed by atoms with E-state index in [0.29, 0.717) is 0 Å². The first-order valence-electron chi connectivity index (χ1n) is 5.89. The van der Waals surface area contributed by atoms with E-state index in [1.54, 1.807) is 0 Å². The first-order valence-corrected chi connectivity index (χ1v) is 5.89. The van der Waals surface area contributed by atoms with Gasteiger partial charge in [-0.15, -0.1) is 37.2 Å². The molecule has 6 heteroatoms. The average Bonchev–Trinajstić information content (AvgIpc) is 2.31. The predicted molar refractivity (Wildman–Crippen MR) is 94.9 cm³/mol. The van der Waals surface area contributed by atoms with Gasteiger partial charge in [0, 0.05) is 32.7 Å². The maximum Gasteiger partial charge on any atom is 0.0234 e. The summed E-state index contributed by atoms with van der Waals surface area (Å²) in [6.07, 6.45) is 1.13. The Morgan fingerprint density at radius 3 is 1.85 bits per heavy atom. The third-order valence-corrected chi connectivity index (χ3v) is 3.05. The molecule has 0 bridgehead atoms. The fraction of sp³-hybridized carbons (Fsp3) is 0.571. The Labute approximate surface area is 141 Å². The Morgan fingerprint density at radius 1 is 0.950 bits per heavy atom. The Balaban J connectivity index is -0.000000256. The van der Waals surface area contributed by atoms with E-state index in [4.69, 9.17) is 0 Å². The van der Waals surface area contributed by atoms with Gasteiger partial charge in [-0.1, -0.05) is 38.6 Å². The van der Waals surface area contributed by atoms with Crippen molar-refractivity contribution in [1.82, 2.24) is 10.2 Å². The Hall–Kier alpha value is -0.0600. The van der Waals surface area contributed by atoms with Gasteiger partial charge in [-0.25, -0.2) is 0 Å². The van der Waals surface area contributed by atoms with Crippen LogP contribution in [0, 0.1) is 0 Å². The summed E-state index contributed by atoms with van der Waals surface area (Å²) in [4.78, 5) is 2.51. The number of hydrogen-bond donors (Lipinski definition) is 1. The quantitative estimate of drug-likeness (QED) is 0.895. The van der Waals surface area contributed by atoms with Crippen molar-refractivity contribution in [2.75, 3.05) is 26.2 Å². The van der Waals surface area contributed by atoms with Crippen molar-refractivity contribution >= 4 is 37.2 Å². The monoisotopic (exact) mass is 348 g/mol. The fourth-order valence-corrected chi connectivity index (χ4v) is 2.01. The number of nitrogens with one attached hydrogen (secondary N) is 1. The number of benzene rings is 1. The molecule has 1 N–H and O–H groups in total. The predicted octanol–water partition coefficient (Wildman–Crippen LogP) is 3.71. The van der Waals surface area contributed by atoms with Crippen molar-refractivity contribution in [2.45, 2.75) is 27.3 Å². The SMILES string of the molecule is C.CCc1ccc(CN2CCNCC2)cc1.Cl.Cl.Cl.F. The molecular formula is C14H28Cl3FN2. The molecule has 1 aliphatic heterocycles. The molecule has 122 valence electrons. The average molecular weight is 350 g/mol. The second kappa shape index (κ2) is 15.3. The number of halogens is 4. The zero-order valence-corrected chi connectivity index (χ0v) is 13.6. The summed E-state index contributed by atoms with van der Waals surface area (Å²) in [5.41, 5.74) is 2.87. The summed E-state index contributed by atoms with van der Waals surface area (Å²) < 4.78 is 0. The van der Waals surface area contributed by atoms with Crippen LogP contribution in [0.15, 0.2) is 24.3 Å². The van der Waals surface area contributed by atoms with Gasteiger partial charge in [-0.3, -0.25) is 9.60 Å². The molecule has 20 heavy (non-hydrogen) atoms. The minimum Gasteiger partial charge on any atom is -0.314 e. The summed E-state index contributed by atoms with van der Waals surface area (Å²) in [5.74, 6) is 0. The van der Waals surface area contributed by atoms with Crippen LogP contribution in [0.3, 0.4) is 0 Å². The van der Waals surface area contributed by atoms with Gasteiger partial charge in [0.1, 0.15) is 0 Å². The lowest BCUT2D eigenvalue weighted by atomic mass is 10.1. The van der Waals surface area contributed by atoms with E-state index < -0.39 is 0 Å². The van der Waals surface area contributed by atoms with Gasteiger partial charge < -0.3 is 5.32 Å². The van der Waals surface area contributed by atoms with Gasteiger partial charge in [0.05, 0.1) is 0 Å². The van der Waals surface area contributed by atoms with E-state index in [-0.39, 0.29) is 49.4 Å². The van der Waals surface area contributed by atoms with Crippen LogP contribution in [-0.2, 0) is 13.0 Å². The lowest BCUT2D eigenvalue weighted by Crippen LogP contribution is -2.42. The second-order valence-electron chi connectivity index (χ2n) is 4.20. The molecule has 0 aliphatic carbocycles. The summed E-state index contributed by atoms with van der Waals surface area (Å²) in [5, 5.41) is 3.38. The van der Waals surface area contributed by atoms with Crippen molar-refractivity contribution in [3.8, 4) is 0 Å². The molecule has 0 saturated carbocycles. The molecule has 1 heterocycles. The first-order chi connectivity index (χ1) is 7.38. The van der Waals surface area contributed by atoms with Crippen molar-refractivity contribution < 1.29 is 4.70 Å². The molecule has 0 atom stereocenters. The molecule has 0 radical (unpaired) electrons. The van der Waals surface area contributed by atoms with E-state index in [2.05, 4.69) is 41.4 Å². The Bertz CT molecular complexity index is 304. The number of rotatable bonds is 3. The molecule has 0 amide bonds. The normalized spacial score (nSPS) is 13.4. The van der Waals surface area contributed by atoms with Gasteiger partial charge in [-0.2, -0.15) is 0 Å². The smallest absolute Gasteiger partial charge is 0.0234 e. The third kappa shape index (κ3) is 8.98. The summed E-state index contributed by atoms with van der Waals surface area (Å²) in [6.45, 7) is 7.92. The topological polar surface area (TPSA) is 15.3 Å². The molecule has 1 aliphatic rings. The zero-order chi connectivity index (χ0) is 10.5. The molecule has 1 saturated heterocycles. The van der Waals surface area contributed by atoms with Crippen molar-refractivity contribution in [2.24, 2.45) is 0 Å². The van der Waals surface area contributed by atoms with E-state index in [0.717, 1.165) is 26.1 Å². The van der Waals surface area contributed by atoms with Crippen LogP contribution >= 0.6 is 37.2 Å². The number of nitrogens with zero attached hydrogens (tertiary/aromatic N) is 1. The maximum absolute atomic E-state index is 3.38. The standard InChI is InChI=1S/C13H20N2.CH4.3ClH.FH/c1-2-12-3-5-13(6-4-12)11-15-9-7-14-8-10-15;;;;;/h3-6,14H,2,7-11H2,1H3;1H4;4*1H. The zero-order valence-electron chi connectivity index (χ0n) is 11.1. The van der Waals surface area contributed by atoms with Gasteiger partial charge in [-0.05, 0) is 17.5 Å². The van der Waals surface area contributed by atoms with E-state index in [9.17, 15) is 0 Å². The van der Waals surface area contributed by atoms with Crippen LogP contribution in [-0.4, -0.2) is 31.1 Å². The lowest BCUT2D eigenvalue weighted by molar-refractivity contribution is 0.233.